The van der Waals surface area contributed by atoms with E-state index < -0.39 is 0 Å². The van der Waals surface area contributed by atoms with E-state index in [-0.39, 0.29) is 11.5 Å². The summed E-state index contributed by atoms with van der Waals surface area (Å²) in [6.07, 6.45) is 14.6. The van der Waals surface area contributed by atoms with Gasteiger partial charge in [0.05, 0.1) is 6.10 Å². The van der Waals surface area contributed by atoms with Gasteiger partial charge < -0.3 is 5.11 Å². The van der Waals surface area contributed by atoms with Crippen LogP contribution in [0.25, 0.3) is 0 Å². The van der Waals surface area contributed by atoms with Gasteiger partial charge in [-0.1, -0.05) is 59.6 Å². The Kier molecular flexibility index (Phi) is 4.59. The largest absolute Gasteiger partial charge is 0.393 e. The van der Waals surface area contributed by atoms with E-state index >= 15 is 0 Å². The van der Waals surface area contributed by atoms with E-state index in [9.17, 15) is 5.11 Å². The lowest BCUT2D eigenvalue weighted by Crippen LogP contribution is -2.64. The molecule has 3 saturated carbocycles. The van der Waals surface area contributed by atoms with Crippen molar-refractivity contribution in [1.82, 2.24) is 0 Å². The van der Waals surface area contributed by atoms with Gasteiger partial charge in [0.1, 0.15) is 0 Å². The first-order valence-electron chi connectivity index (χ1n) is 13.2. The molecule has 0 aromatic rings. The molecule has 0 radical (unpaired) electrons. The summed E-state index contributed by atoms with van der Waals surface area (Å²) in [5, 5.41) is 10.9. The summed E-state index contributed by atoms with van der Waals surface area (Å²) >= 11 is 0. The van der Waals surface area contributed by atoms with Gasteiger partial charge in [-0.25, -0.2) is 0 Å². The predicted octanol–water partition coefficient (Wildman–Crippen LogP) is 7.92. The van der Waals surface area contributed by atoms with Gasteiger partial charge in [0, 0.05) is 0 Å². The van der Waals surface area contributed by atoms with Crippen LogP contribution in [0, 0.1) is 44.8 Å². The molecule has 1 N–H and O–H groups in total. The third-order valence-electron chi connectivity index (χ3n) is 12.4. The SMILES string of the molecule is CC1(C)CCC2=C(C1)[C@H]1CC[C@@H]3[C@@]4(C)CC[C@H](O)C(C)(C)[C@@H]4CC[C@@]3(C)[C@]1(C)CC2. The fourth-order valence-electron chi connectivity index (χ4n) is 10.4. The Balaban J connectivity index is 1.53. The van der Waals surface area contributed by atoms with E-state index in [1.165, 1.54) is 64.2 Å². The van der Waals surface area contributed by atoms with E-state index in [1.807, 2.05) is 11.1 Å². The smallest absolute Gasteiger partial charge is 0.0594 e. The number of allylic oxidation sites excluding steroid dienone is 2. The molecule has 0 aromatic heterocycles. The molecule has 0 unspecified atom stereocenters. The number of aliphatic hydroxyl groups is 1. The van der Waals surface area contributed by atoms with Crippen molar-refractivity contribution in [2.24, 2.45) is 44.8 Å². The number of fused-ring (bicyclic) bond motifs is 6. The molecule has 0 heterocycles. The second-order valence-corrected chi connectivity index (χ2v) is 14.5. The first-order valence-corrected chi connectivity index (χ1v) is 13.2. The van der Waals surface area contributed by atoms with Crippen molar-refractivity contribution in [3.63, 3.8) is 0 Å². The fraction of sp³-hybridized carbons (Fsp3) is 0.931. The second kappa shape index (κ2) is 6.39. The maximum Gasteiger partial charge on any atom is 0.0594 e. The van der Waals surface area contributed by atoms with Crippen LogP contribution in [0.5, 0.6) is 0 Å². The molecule has 170 valence electrons. The maximum absolute atomic E-state index is 10.9. The number of rotatable bonds is 0. The molecule has 30 heavy (non-hydrogen) atoms. The summed E-state index contributed by atoms with van der Waals surface area (Å²) in [4.78, 5) is 0. The highest BCUT2D eigenvalue weighted by Gasteiger charge is 2.67. The second-order valence-electron chi connectivity index (χ2n) is 14.5. The molecule has 0 aromatic carbocycles. The van der Waals surface area contributed by atoms with E-state index in [0.717, 1.165) is 18.3 Å². The Labute approximate surface area is 186 Å². The fourth-order valence-corrected chi connectivity index (χ4v) is 10.4. The lowest BCUT2D eigenvalue weighted by atomic mass is 9.33. The number of hydrogen-bond acceptors (Lipinski definition) is 1. The summed E-state index contributed by atoms with van der Waals surface area (Å²) in [6, 6.07) is 0. The van der Waals surface area contributed by atoms with Gasteiger partial charge in [-0.2, -0.15) is 0 Å². The summed E-state index contributed by atoms with van der Waals surface area (Å²) in [6.45, 7) is 17.9. The van der Waals surface area contributed by atoms with Gasteiger partial charge in [-0.3, -0.25) is 0 Å². The predicted molar refractivity (Wildman–Crippen MR) is 126 cm³/mol. The molecule has 1 nitrogen and oxygen atoms in total. The van der Waals surface area contributed by atoms with Crippen LogP contribution >= 0.6 is 0 Å². The molecule has 7 atom stereocenters. The molecule has 3 fully saturated rings. The van der Waals surface area contributed by atoms with Gasteiger partial charge in [0.15, 0.2) is 0 Å². The van der Waals surface area contributed by atoms with Crippen LogP contribution in [0.2, 0.25) is 0 Å². The third kappa shape index (κ3) is 2.63. The number of hydrogen-bond donors (Lipinski definition) is 1. The van der Waals surface area contributed by atoms with Crippen LogP contribution in [0.15, 0.2) is 11.1 Å². The van der Waals surface area contributed by atoms with Crippen LogP contribution in [0.4, 0.5) is 0 Å². The van der Waals surface area contributed by atoms with E-state index in [0.29, 0.717) is 27.6 Å². The average molecular weight is 413 g/mol. The lowest BCUT2D eigenvalue weighted by molar-refractivity contribution is -0.224. The zero-order valence-electron chi connectivity index (χ0n) is 21.0. The molecule has 0 spiro atoms. The molecular formula is C29H48O. The normalized spacial score (nSPS) is 52.0. The minimum atomic E-state index is -0.112. The maximum atomic E-state index is 10.9. The minimum Gasteiger partial charge on any atom is -0.393 e. The molecule has 0 amide bonds. The lowest BCUT2D eigenvalue weighted by Gasteiger charge is -2.71. The summed E-state index contributed by atoms with van der Waals surface area (Å²) in [7, 11) is 0. The molecule has 1 heteroatoms. The summed E-state index contributed by atoms with van der Waals surface area (Å²) in [5.74, 6) is 2.35. The first kappa shape index (κ1) is 21.5. The molecule has 0 aliphatic heterocycles. The summed E-state index contributed by atoms with van der Waals surface area (Å²) < 4.78 is 0. The van der Waals surface area contributed by atoms with Gasteiger partial charge in [-0.15, -0.1) is 0 Å². The van der Waals surface area contributed by atoms with Crippen molar-refractivity contribution < 1.29 is 5.11 Å². The van der Waals surface area contributed by atoms with E-state index in [1.54, 1.807) is 0 Å². The van der Waals surface area contributed by atoms with E-state index in [4.69, 9.17) is 0 Å². The molecule has 0 saturated heterocycles. The first-order chi connectivity index (χ1) is 13.9. The Morgan fingerprint density at radius 3 is 2.13 bits per heavy atom. The average Bonchev–Trinajstić information content (AvgIpc) is 2.65. The Morgan fingerprint density at radius 2 is 1.40 bits per heavy atom. The van der Waals surface area contributed by atoms with Crippen LogP contribution < -0.4 is 0 Å². The van der Waals surface area contributed by atoms with Crippen molar-refractivity contribution in [3.8, 4) is 0 Å². The highest BCUT2D eigenvalue weighted by atomic mass is 16.3. The van der Waals surface area contributed by atoms with Crippen molar-refractivity contribution in [2.75, 3.05) is 0 Å². The molecule has 5 aliphatic carbocycles. The Morgan fingerprint density at radius 1 is 0.700 bits per heavy atom. The van der Waals surface area contributed by atoms with Crippen LogP contribution in [-0.2, 0) is 0 Å². The third-order valence-corrected chi connectivity index (χ3v) is 12.4. The molecule has 5 aliphatic rings. The number of aliphatic hydroxyl groups excluding tert-OH is 1. The van der Waals surface area contributed by atoms with Gasteiger partial charge >= 0.3 is 0 Å². The van der Waals surface area contributed by atoms with E-state index in [2.05, 4.69) is 48.5 Å². The topological polar surface area (TPSA) is 20.2 Å². The Bertz CT molecular complexity index is 758. The summed E-state index contributed by atoms with van der Waals surface area (Å²) in [5.41, 5.74) is 5.70. The zero-order valence-corrected chi connectivity index (χ0v) is 21.0. The monoisotopic (exact) mass is 412 g/mol. The van der Waals surface area contributed by atoms with Gasteiger partial charge in [-0.05, 0) is 115 Å². The van der Waals surface area contributed by atoms with Crippen molar-refractivity contribution in [2.45, 2.75) is 125 Å². The van der Waals surface area contributed by atoms with Crippen LogP contribution in [0.3, 0.4) is 0 Å². The quantitative estimate of drug-likeness (QED) is 0.401. The van der Waals surface area contributed by atoms with Crippen LogP contribution in [-0.4, -0.2) is 11.2 Å². The standard InChI is InChI=1S/C29H48O/c1-25(2)14-10-19-11-16-28(6)21(20(19)18-25)8-9-23-27(5)15-13-24(30)26(3,4)22(27)12-17-29(23,28)7/h21-24,30H,8-18H2,1-7H3/t21-,22+,23-,24+,27+,28-,29-/m1/s1. The molecular weight excluding hydrogens is 364 g/mol. The Hall–Kier alpha value is -0.300. The van der Waals surface area contributed by atoms with Gasteiger partial charge in [0.2, 0.25) is 0 Å². The molecule has 0 bridgehead atoms. The van der Waals surface area contributed by atoms with Crippen molar-refractivity contribution in [1.29, 1.82) is 0 Å². The van der Waals surface area contributed by atoms with Crippen molar-refractivity contribution in [3.05, 3.63) is 11.1 Å². The minimum absolute atomic E-state index is 0.0712. The highest BCUT2D eigenvalue weighted by Crippen LogP contribution is 2.75. The van der Waals surface area contributed by atoms with Gasteiger partial charge in [0.25, 0.3) is 0 Å². The molecule has 5 rings (SSSR count). The highest BCUT2D eigenvalue weighted by molar-refractivity contribution is 5.31. The van der Waals surface area contributed by atoms with Crippen molar-refractivity contribution >= 4 is 0 Å². The zero-order chi connectivity index (χ0) is 21.7. The van der Waals surface area contributed by atoms with Crippen LogP contribution in [0.1, 0.15) is 119 Å².